The number of methoxy groups -OCH3 is 1. The first-order valence-corrected chi connectivity index (χ1v) is 10.2. The van der Waals surface area contributed by atoms with Gasteiger partial charge in [-0.05, 0) is 54.4 Å². The van der Waals surface area contributed by atoms with Gasteiger partial charge in [0, 0.05) is 19.5 Å². The molecule has 1 fully saturated rings. The summed E-state index contributed by atoms with van der Waals surface area (Å²) in [6.45, 7) is 3.53. The highest BCUT2D eigenvalue weighted by Gasteiger charge is 2.25. The van der Waals surface area contributed by atoms with Crippen LogP contribution in [0.3, 0.4) is 0 Å². The smallest absolute Gasteiger partial charge is 0.335 e. The molecule has 1 unspecified atom stereocenters. The van der Waals surface area contributed by atoms with Crippen molar-refractivity contribution in [2.45, 2.75) is 38.5 Å². The predicted octanol–water partition coefficient (Wildman–Crippen LogP) is 4.37. The van der Waals surface area contributed by atoms with Crippen molar-refractivity contribution in [2.75, 3.05) is 20.2 Å². The zero-order valence-corrected chi connectivity index (χ0v) is 17.1. The molecule has 0 aliphatic carbocycles. The fourth-order valence-electron chi connectivity index (χ4n) is 4.18. The highest BCUT2D eigenvalue weighted by Crippen LogP contribution is 2.30. The van der Waals surface area contributed by atoms with E-state index in [0.717, 1.165) is 49.2 Å². The maximum absolute atomic E-state index is 12.8. The molecule has 29 heavy (non-hydrogen) atoms. The number of carboxylic acid groups (broad SMARTS) is 1. The van der Waals surface area contributed by atoms with Gasteiger partial charge in [-0.15, -0.1) is 0 Å². The molecule has 1 aliphatic rings. The first kappa shape index (κ1) is 20.9. The summed E-state index contributed by atoms with van der Waals surface area (Å²) < 4.78 is 5.42. The number of carbonyl (C=O) groups excluding carboxylic acids is 1. The maximum Gasteiger partial charge on any atom is 0.335 e. The van der Waals surface area contributed by atoms with Crippen LogP contribution in [-0.4, -0.2) is 42.1 Å². The summed E-state index contributed by atoms with van der Waals surface area (Å²) in [6, 6.07) is 15.1. The van der Waals surface area contributed by atoms with Crippen LogP contribution in [0.4, 0.5) is 0 Å². The lowest BCUT2D eigenvalue weighted by atomic mass is 9.88. The van der Waals surface area contributed by atoms with Gasteiger partial charge in [-0.25, -0.2) is 4.79 Å². The molecule has 2 aromatic rings. The molecule has 0 bridgehead atoms. The zero-order chi connectivity index (χ0) is 20.8. The van der Waals surface area contributed by atoms with Crippen molar-refractivity contribution < 1.29 is 19.4 Å². The number of aromatic carboxylic acids is 1. The number of carboxylic acids is 1. The van der Waals surface area contributed by atoms with Crippen molar-refractivity contribution >= 4 is 11.9 Å². The molecule has 5 heteroatoms. The number of ether oxygens (including phenoxy) is 1. The van der Waals surface area contributed by atoms with Gasteiger partial charge in [0.2, 0.25) is 5.91 Å². The number of likely N-dealkylation sites (tertiary alicyclic amines) is 1. The Labute approximate surface area is 172 Å². The summed E-state index contributed by atoms with van der Waals surface area (Å²) in [5.41, 5.74) is 2.33. The van der Waals surface area contributed by atoms with Gasteiger partial charge in [0.1, 0.15) is 5.75 Å². The van der Waals surface area contributed by atoms with E-state index in [-0.39, 0.29) is 11.8 Å². The lowest BCUT2D eigenvalue weighted by Gasteiger charge is -2.33. The first-order chi connectivity index (χ1) is 14.0. The Morgan fingerprint density at radius 2 is 1.76 bits per heavy atom. The molecule has 0 radical (unpaired) electrons. The van der Waals surface area contributed by atoms with Crippen LogP contribution in [-0.2, 0) is 11.2 Å². The van der Waals surface area contributed by atoms with E-state index in [2.05, 4.69) is 6.92 Å². The van der Waals surface area contributed by atoms with Crippen LogP contribution < -0.4 is 4.74 Å². The molecule has 0 spiro atoms. The predicted molar refractivity (Wildman–Crippen MR) is 112 cm³/mol. The number of hydrogen-bond acceptors (Lipinski definition) is 3. The SMILES string of the molecule is COc1ccccc1C(C)CC(=O)N1CCC(Cc2ccccc2C(=O)O)CC1. The fourth-order valence-corrected chi connectivity index (χ4v) is 4.18. The highest BCUT2D eigenvalue weighted by atomic mass is 16.5. The van der Waals surface area contributed by atoms with E-state index < -0.39 is 5.97 Å². The Bertz CT molecular complexity index is 855. The van der Waals surface area contributed by atoms with Crippen LogP contribution in [0.5, 0.6) is 5.75 Å². The third-order valence-electron chi connectivity index (χ3n) is 5.87. The van der Waals surface area contributed by atoms with E-state index in [4.69, 9.17) is 4.74 Å². The van der Waals surface area contributed by atoms with Crippen LogP contribution in [0.2, 0.25) is 0 Å². The Hall–Kier alpha value is -2.82. The van der Waals surface area contributed by atoms with Crippen molar-refractivity contribution in [3.8, 4) is 5.75 Å². The van der Waals surface area contributed by atoms with Crippen LogP contribution in [0, 0.1) is 5.92 Å². The molecule has 1 heterocycles. The summed E-state index contributed by atoms with van der Waals surface area (Å²) in [4.78, 5) is 26.2. The molecule has 3 rings (SSSR count). The summed E-state index contributed by atoms with van der Waals surface area (Å²) in [5.74, 6) is 0.625. The Morgan fingerprint density at radius 3 is 2.45 bits per heavy atom. The molecular formula is C24H29NO4. The number of piperidine rings is 1. The third kappa shape index (κ3) is 5.17. The van der Waals surface area contributed by atoms with E-state index >= 15 is 0 Å². The highest BCUT2D eigenvalue weighted by molar-refractivity contribution is 5.89. The Morgan fingerprint density at radius 1 is 1.10 bits per heavy atom. The zero-order valence-electron chi connectivity index (χ0n) is 17.1. The second-order valence-corrected chi connectivity index (χ2v) is 7.84. The second-order valence-electron chi connectivity index (χ2n) is 7.84. The molecule has 0 aromatic heterocycles. The van der Waals surface area contributed by atoms with Crippen LogP contribution in [0.25, 0.3) is 0 Å². The van der Waals surface area contributed by atoms with Crippen molar-refractivity contribution in [1.82, 2.24) is 4.90 Å². The number of amides is 1. The van der Waals surface area contributed by atoms with Gasteiger partial charge in [0.05, 0.1) is 12.7 Å². The quantitative estimate of drug-likeness (QED) is 0.756. The summed E-state index contributed by atoms with van der Waals surface area (Å²) in [7, 11) is 1.65. The van der Waals surface area contributed by atoms with Gasteiger partial charge in [-0.1, -0.05) is 43.3 Å². The molecular weight excluding hydrogens is 366 g/mol. The second kappa shape index (κ2) is 9.59. The van der Waals surface area contributed by atoms with Crippen molar-refractivity contribution in [3.05, 3.63) is 65.2 Å². The molecule has 1 atom stereocenters. The van der Waals surface area contributed by atoms with E-state index in [1.54, 1.807) is 19.2 Å². The van der Waals surface area contributed by atoms with E-state index in [0.29, 0.717) is 17.9 Å². The molecule has 1 aliphatic heterocycles. The molecule has 154 valence electrons. The molecule has 2 aromatic carbocycles. The standard InChI is InChI=1S/C24H29NO4/c1-17(20-8-5-6-10-22(20)29-2)15-23(26)25-13-11-18(12-14-25)16-19-7-3-4-9-21(19)24(27)28/h3-10,17-18H,11-16H2,1-2H3,(H,27,28). The number of rotatable bonds is 7. The number of benzene rings is 2. The Balaban J connectivity index is 1.54. The van der Waals surface area contributed by atoms with Gasteiger partial charge in [0.25, 0.3) is 0 Å². The molecule has 1 amide bonds. The third-order valence-corrected chi connectivity index (χ3v) is 5.87. The Kier molecular flexibility index (Phi) is 6.91. The monoisotopic (exact) mass is 395 g/mol. The minimum atomic E-state index is -0.876. The van der Waals surface area contributed by atoms with Crippen LogP contribution in [0.1, 0.15) is 53.6 Å². The van der Waals surface area contributed by atoms with E-state index in [1.807, 2.05) is 41.3 Å². The topological polar surface area (TPSA) is 66.8 Å². The average molecular weight is 395 g/mol. The molecule has 1 N–H and O–H groups in total. The van der Waals surface area contributed by atoms with Gasteiger partial charge >= 0.3 is 5.97 Å². The van der Waals surface area contributed by atoms with Crippen LogP contribution in [0.15, 0.2) is 48.5 Å². The molecule has 0 saturated carbocycles. The summed E-state index contributed by atoms with van der Waals surface area (Å²) in [6.07, 6.45) is 3.03. The normalized spacial score (nSPS) is 15.7. The van der Waals surface area contributed by atoms with E-state index in [1.165, 1.54) is 0 Å². The van der Waals surface area contributed by atoms with E-state index in [9.17, 15) is 14.7 Å². The fraction of sp³-hybridized carbons (Fsp3) is 0.417. The van der Waals surface area contributed by atoms with Gasteiger partial charge in [-0.2, -0.15) is 0 Å². The van der Waals surface area contributed by atoms with Gasteiger partial charge < -0.3 is 14.7 Å². The van der Waals surface area contributed by atoms with Gasteiger partial charge in [0.15, 0.2) is 0 Å². The first-order valence-electron chi connectivity index (χ1n) is 10.2. The minimum absolute atomic E-state index is 0.0961. The molecule has 1 saturated heterocycles. The number of hydrogen-bond donors (Lipinski definition) is 1. The number of para-hydroxylation sites is 1. The van der Waals surface area contributed by atoms with Crippen molar-refractivity contribution in [3.63, 3.8) is 0 Å². The largest absolute Gasteiger partial charge is 0.496 e. The summed E-state index contributed by atoms with van der Waals surface area (Å²) in [5, 5.41) is 9.36. The molecule has 5 nitrogen and oxygen atoms in total. The minimum Gasteiger partial charge on any atom is -0.496 e. The van der Waals surface area contributed by atoms with Gasteiger partial charge in [-0.3, -0.25) is 4.79 Å². The maximum atomic E-state index is 12.8. The lowest BCUT2D eigenvalue weighted by Crippen LogP contribution is -2.39. The average Bonchev–Trinajstić information content (AvgIpc) is 2.74. The lowest BCUT2D eigenvalue weighted by molar-refractivity contribution is -0.132. The van der Waals surface area contributed by atoms with Crippen molar-refractivity contribution in [2.24, 2.45) is 5.92 Å². The van der Waals surface area contributed by atoms with Crippen molar-refractivity contribution in [1.29, 1.82) is 0 Å². The number of carbonyl (C=O) groups is 2. The van der Waals surface area contributed by atoms with Crippen LogP contribution >= 0.6 is 0 Å². The summed E-state index contributed by atoms with van der Waals surface area (Å²) >= 11 is 0. The number of nitrogens with zero attached hydrogens (tertiary/aromatic N) is 1.